The average Bonchev–Trinajstić information content (AvgIpc) is 4.11. The fraction of sp³-hybridized carbons (Fsp3) is 0.100. The summed E-state index contributed by atoms with van der Waals surface area (Å²) in [6, 6.07) is 12.1. The van der Waals surface area contributed by atoms with E-state index in [1.807, 2.05) is 75.8 Å². The zero-order chi connectivity index (χ0) is 38.2. The summed E-state index contributed by atoms with van der Waals surface area (Å²) in [5.41, 5.74) is 8.22. The highest BCUT2D eigenvalue weighted by Gasteiger charge is 2.52. The van der Waals surface area contributed by atoms with Gasteiger partial charge in [0, 0.05) is 74.6 Å². The fourth-order valence-electron chi connectivity index (χ4n) is 8.77. The van der Waals surface area contributed by atoms with Crippen molar-refractivity contribution in [2.75, 3.05) is 37.2 Å². The Hall–Kier alpha value is -7.75. The predicted molar refractivity (Wildman–Crippen MR) is 216 cm³/mol. The number of rotatable bonds is 4. The van der Waals surface area contributed by atoms with Crippen LogP contribution in [0.5, 0.6) is 46.5 Å². The predicted octanol–water partition coefficient (Wildman–Crippen LogP) is 1.45. The molecule has 278 valence electrons. The molecule has 58 heavy (non-hydrogen) atoms. The van der Waals surface area contributed by atoms with Crippen molar-refractivity contribution in [1.82, 2.24) is 49.3 Å². The summed E-state index contributed by atoms with van der Waals surface area (Å²) >= 11 is 0. The fourth-order valence-corrected chi connectivity index (χ4v) is 8.77. The van der Waals surface area contributed by atoms with Crippen molar-refractivity contribution in [3.8, 4) is 57.9 Å². The van der Waals surface area contributed by atoms with Crippen LogP contribution in [0.15, 0.2) is 111 Å². The molecule has 0 fully saturated rings. The zero-order valence-electron chi connectivity index (χ0n) is 31.0. The number of anilines is 2. The van der Waals surface area contributed by atoms with E-state index >= 15 is 0 Å². The summed E-state index contributed by atoms with van der Waals surface area (Å²) in [4.78, 5) is 28.2. The number of hydrogen-bond acceptors (Lipinski definition) is 14. The molecule has 6 aliphatic heterocycles. The van der Waals surface area contributed by atoms with E-state index in [-0.39, 0.29) is 0 Å². The molecule has 0 saturated heterocycles. The van der Waals surface area contributed by atoms with Crippen LogP contribution < -0.4 is 61.5 Å². The molecule has 16 nitrogen and oxygen atoms in total. The van der Waals surface area contributed by atoms with E-state index in [2.05, 4.69) is 54.1 Å². The normalized spacial score (nSPS) is 15.8. The monoisotopic (exact) mass is 762 g/mol. The maximum absolute atomic E-state index is 6.92. The minimum Gasteiger partial charge on any atom is -0.436 e. The molecule has 0 bridgehead atoms. The summed E-state index contributed by atoms with van der Waals surface area (Å²) in [5.74, 6) is 3.72. The number of pyridine rings is 4. The van der Waals surface area contributed by atoms with Gasteiger partial charge in [-0.3, -0.25) is 0 Å². The quantitative estimate of drug-likeness (QED) is 0.239. The van der Waals surface area contributed by atoms with Crippen LogP contribution in [0.25, 0.3) is 11.4 Å². The topological polar surface area (TPSA) is 137 Å². The third-order valence-corrected chi connectivity index (χ3v) is 11.4. The minimum atomic E-state index is -0.434. The van der Waals surface area contributed by atoms with E-state index < -0.39 is 13.4 Å². The molecule has 6 aromatic heterocycles. The summed E-state index contributed by atoms with van der Waals surface area (Å²) in [7, 11) is 4.07. The molecule has 0 unspecified atom stereocenters. The summed E-state index contributed by atoms with van der Waals surface area (Å²) in [5, 5.41) is 8.98. The van der Waals surface area contributed by atoms with Crippen molar-refractivity contribution in [3.05, 3.63) is 111 Å². The zero-order valence-corrected chi connectivity index (χ0v) is 31.0. The molecule has 0 aliphatic carbocycles. The van der Waals surface area contributed by atoms with E-state index in [1.54, 1.807) is 34.2 Å². The Kier molecular flexibility index (Phi) is 6.19. The van der Waals surface area contributed by atoms with E-state index in [9.17, 15) is 0 Å². The smallest absolute Gasteiger partial charge is 0.265 e. The highest BCUT2D eigenvalue weighted by molar-refractivity contribution is 7.00. The molecule has 0 saturated carbocycles. The molecule has 0 N–H and O–H groups in total. The van der Waals surface area contributed by atoms with Gasteiger partial charge in [-0.25, -0.2) is 29.3 Å². The lowest BCUT2D eigenvalue weighted by molar-refractivity contribution is 0.380. The molecule has 6 aliphatic rings. The Morgan fingerprint density at radius 2 is 0.845 bits per heavy atom. The lowest BCUT2D eigenvalue weighted by atomic mass is 9.32. The summed E-state index contributed by atoms with van der Waals surface area (Å²) in [6.07, 6.45) is 22.6. The summed E-state index contributed by atoms with van der Waals surface area (Å²) < 4.78 is 31.2. The Morgan fingerprint density at radius 1 is 0.483 bits per heavy atom. The molecular weight excluding hydrogens is 734 g/mol. The first-order valence-electron chi connectivity index (χ1n) is 18.8. The Bertz CT molecular complexity index is 2740. The largest absolute Gasteiger partial charge is 0.436 e. The van der Waals surface area contributed by atoms with E-state index in [0.717, 1.165) is 55.5 Å². The van der Waals surface area contributed by atoms with Crippen LogP contribution in [0.2, 0.25) is 0 Å². The highest BCUT2D eigenvalue weighted by atomic mass is 16.5. The van der Waals surface area contributed by atoms with Crippen molar-refractivity contribution in [1.29, 1.82) is 0 Å². The molecule has 1 aromatic carbocycles. The summed E-state index contributed by atoms with van der Waals surface area (Å²) in [6.45, 7) is 0.507. The van der Waals surface area contributed by atoms with Crippen LogP contribution >= 0.6 is 0 Å². The number of nitrogens with zero attached hydrogens (tertiary/aromatic N) is 12. The molecule has 0 radical (unpaired) electrons. The van der Waals surface area contributed by atoms with Crippen LogP contribution in [-0.4, -0.2) is 90.2 Å². The van der Waals surface area contributed by atoms with Crippen molar-refractivity contribution in [3.63, 3.8) is 0 Å². The van der Waals surface area contributed by atoms with Crippen LogP contribution in [0.4, 0.5) is 11.4 Å². The van der Waals surface area contributed by atoms with Crippen LogP contribution in [0, 0.1) is 0 Å². The van der Waals surface area contributed by atoms with E-state index in [0.29, 0.717) is 59.9 Å². The number of hydrogen-bond donors (Lipinski definition) is 0. The van der Waals surface area contributed by atoms with Crippen LogP contribution in [0.3, 0.4) is 0 Å². The van der Waals surface area contributed by atoms with Gasteiger partial charge >= 0.3 is 0 Å². The van der Waals surface area contributed by atoms with Crippen LogP contribution in [-0.2, 0) is 0 Å². The van der Waals surface area contributed by atoms with Gasteiger partial charge in [0.15, 0.2) is 23.0 Å². The van der Waals surface area contributed by atoms with Crippen molar-refractivity contribution < 1.29 is 18.9 Å². The van der Waals surface area contributed by atoms with E-state index in [4.69, 9.17) is 38.9 Å². The SMILES string of the molecule is CN1C=CN(c2cnc3c(c2)B2c4cc(-n5cccn5)cnc4Oc4c5c6c(c(c42)O3)Oc2ncc(N3C=CN(C)C3)cc2B6c2cc(-n3cccn3)cnc2O5)C1. The third-order valence-electron chi connectivity index (χ3n) is 11.4. The van der Waals surface area contributed by atoms with Gasteiger partial charge in [-0.2, -0.15) is 10.2 Å². The lowest BCUT2D eigenvalue weighted by Crippen LogP contribution is -2.62. The van der Waals surface area contributed by atoms with Crippen molar-refractivity contribution >= 4 is 57.6 Å². The number of aromatic nitrogens is 8. The maximum Gasteiger partial charge on any atom is 0.265 e. The second-order valence-corrected chi connectivity index (χ2v) is 15.0. The molecule has 0 spiro atoms. The average molecular weight is 762 g/mol. The molecule has 0 amide bonds. The first-order chi connectivity index (χ1) is 28.5. The highest BCUT2D eigenvalue weighted by Crippen LogP contribution is 2.48. The van der Waals surface area contributed by atoms with Crippen molar-refractivity contribution in [2.45, 2.75) is 0 Å². The number of fused-ring (bicyclic) bond motifs is 10. The maximum atomic E-state index is 6.92. The standard InChI is InChI=1S/C40H28B2N12O4/c1-49-9-11-51(21-49)23-13-27-37(43-17-23)55-33-31-35(57-39-29(41(27)31)15-25(19-45-39)53-7-3-5-47-53)36-32-34(33)56-38-28(14-24(18-44-38)52-12-10-50(2)22-52)42(32)30-16-26(20-46-40(30)58-36)54-8-4-6-48-54/h3-20H,21-22H2,1-2H3. The van der Waals surface area contributed by atoms with Gasteiger partial charge in [-0.05, 0) is 58.2 Å². The first-order valence-corrected chi connectivity index (χ1v) is 18.8. The van der Waals surface area contributed by atoms with Gasteiger partial charge in [0.2, 0.25) is 23.5 Å². The number of benzene rings is 1. The van der Waals surface area contributed by atoms with Gasteiger partial charge < -0.3 is 38.5 Å². The second kappa shape index (κ2) is 11.4. The Morgan fingerprint density at radius 3 is 1.17 bits per heavy atom. The second-order valence-electron chi connectivity index (χ2n) is 15.0. The minimum absolute atomic E-state index is 0.434. The van der Waals surface area contributed by atoms with Crippen LogP contribution in [0.1, 0.15) is 0 Å². The van der Waals surface area contributed by atoms with Gasteiger partial charge in [0.05, 0.1) is 60.9 Å². The van der Waals surface area contributed by atoms with Gasteiger partial charge in [-0.1, -0.05) is 0 Å². The molecule has 12 heterocycles. The number of ether oxygens (including phenoxy) is 4. The van der Waals surface area contributed by atoms with Gasteiger partial charge in [0.25, 0.3) is 13.4 Å². The Labute approximate surface area is 331 Å². The van der Waals surface area contributed by atoms with Gasteiger partial charge in [0.1, 0.15) is 0 Å². The molecule has 7 aromatic rings. The molecule has 0 atom stereocenters. The van der Waals surface area contributed by atoms with E-state index in [1.165, 1.54) is 0 Å². The molecular formula is C40H28B2N12O4. The first kappa shape index (κ1) is 31.5. The molecule has 13 rings (SSSR count). The van der Waals surface area contributed by atoms with Crippen molar-refractivity contribution in [2.24, 2.45) is 0 Å². The Balaban J connectivity index is 1.06. The molecule has 18 heteroatoms. The lowest BCUT2D eigenvalue weighted by Gasteiger charge is -2.39. The third kappa shape index (κ3) is 4.41. The van der Waals surface area contributed by atoms with Gasteiger partial charge in [-0.15, -0.1) is 0 Å².